The number of hydrogen-bond donors (Lipinski definition) is 2. The summed E-state index contributed by atoms with van der Waals surface area (Å²) in [6.07, 6.45) is 1.53. The van der Waals surface area contributed by atoms with E-state index in [-0.39, 0.29) is 10.5 Å². The summed E-state index contributed by atoms with van der Waals surface area (Å²) in [5.41, 5.74) is 1.44. The van der Waals surface area contributed by atoms with Gasteiger partial charge in [0.25, 0.3) is 5.91 Å². The fourth-order valence-electron chi connectivity index (χ4n) is 3.34. The van der Waals surface area contributed by atoms with Gasteiger partial charge in [-0.3, -0.25) is 9.59 Å². The molecule has 2 aromatic carbocycles. The zero-order valence-electron chi connectivity index (χ0n) is 15.2. The molecule has 1 fully saturated rings. The van der Waals surface area contributed by atoms with Gasteiger partial charge in [-0.2, -0.15) is 4.31 Å². The lowest BCUT2D eigenvalue weighted by molar-refractivity contribution is -0.135. The van der Waals surface area contributed by atoms with Crippen LogP contribution in [0.2, 0.25) is 0 Å². The Balaban J connectivity index is 1.65. The molecule has 1 amide bonds. The van der Waals surface area contributed by atoms with E-state index in [1.54, 1.807) is 0 Å². The van der Waals surface area contributed by atoms with E-state index in [2.05, 4.69) is 17.4 Å². The van der Waals surface area contributed by atoms with Gasteiger partial charge >= 0.3 is 5.97 Å². The Morgan fingerprint density at radius 3 is 2.18 bits per heavy atom. The molecule has 0 aliphatic carbocycles. The lowest BCUT2D eigenvalue weighted by Crippen LogP contribution is -2.37. The number of benzene rings is 2. The molecule has 0 radical (unpaired) electrons. The number of amides is 1. The van der Waals surface area contributed by atoms with Crippen LogP contribution in [0.5, 0.6) is 0 Å². The summed E-state index contributed by atoms with van der Waals surface area (Å²) in [6.45, 7) is 0.404. The number of aliphatic carboxylic acids is 1. The lowest BCUT2D eigenvalue weighted by Gasteiger charge is -2.31. The van der Waals surface area contributed by atoms with E-state index in [4.69, 9.17) is 5.11 Å². The Morgan fingerprint density at radius 2 is 1.61 bits per heavy atom. The summed E-state index contributed by atoms with van der Waals surface area (Å²) in [7, 11) is -3.63. The van der Waals surface area contributed by atoms with Gasteiger partial charge in [0.1, 0.15) is 6.54 Å². The van der Waals surface area contributed by atoms with Crippen molar-refractivity contribution in [2.45, 2.75) is 23.7 Å². The van der Waals surface area contributed by atoms with Crippen molar-refractivity contribution in [1.29, 1.82) is 0 Å². The van der Waals surface area contributed by atoms with E-state index in [1.807, 2.05) is 18.2 Å². The van der Waals surface area contributed by atoms with Crippen molar-refractivity contribution < 1.29 is 23.1 Å². The quantitative estimate of drug-likeness (QED) is 0.770. The SMILES string of the molecule is O=C(O)CNC(=O)c1ccc(S(=O)(=O)N2CCC(c3ccccc3)CC2)cc1. The minimum Gasteiger partial charge on any atom is -0.480 e. The minimum atomic E-state index is -3.63. The molecule has 2 aromatic rings. The Hall–Kier alpha value is -2.71. The van der Waals surface area contributed by atoms with Gasteiger partial charge in [0.15, 0.2) is 0 Å². The number of carbonyl (C=O) groups is 2. The van der Waals surface area contributed by atoms with E-state index in [9.17, 15) is 18.0 Å². The average molecular weight is 402 g/mol. The molecule has 3 rings (SSSR count). The average Bonchev–Trinajstić information content (AvgIpc) is 2.73. The number of nitrogens with one attached hydrogen (secondary N) is 1. The molecule has 0 spiro atoms. The molecule has 8 heteroatoms. The lowest BCUT2D eigenvalue weighted by atomic mass is 9.90. The van der Waals surface area contributed by atoms with Crippen LogP contribution in [0, 0.1) is 0 Å². The minimum absolute atomic E-state index is 0.125. The number of nitrogens with zero attached hydrogens (tertiary/aromatic N) is 1. The number of sulfonamides is 1. The zero-order chi connectivity index (χ0) is 20.1. The van der Waals surface area contributed by atoms with Gasteiger partial charge in [-0.15, -0.1) is 0 Å². The molecule has 0 aromatic heterocycles. The van der Waals surface area contributed by atoms with Crippen molar-refractivity contribution in [3.8, 4) is 0 Å². The Kier molecular flexibility index (Phi) is 6.11. The number of piperidine rings is 1. The number of carbonyl (C=O) groups excluding carboxylic acids is 1. The highest BCUT2D eigenvalue weighted by Gasteiger charge is 2.30. The van der Waals surface area contributed by atoms with E-state index in [1.165, 1.54) is 34.1 Å². The first-order valence-electron chi connectivity index (χ1n) is 9.03. The van der Waals surface area contributed by atoms with Crippen LogP contribution in [0.4, 0.5) is 0 Å². The molecule has 1 heterocycles. The van der Waals surface area contributed by atoms with E-state index >= 15 is 0 Å². The summed E-state index contributed by atoms with van der Waals surface area (Å²) in [6, 6.07) is 15.6. The van der Waals surface area contributed by atoms with E-state index < -0.39 is 28.4 Å². The number of carboxylic acid groups (broad SMARTS) is 1. The van der Waals surface area contributed by atoms with Gasteiger partial charge in [-0.1, -0.05) is 30.3 Å². The van der Waals surface area contributed by atoms with Gasteiger partial charge < -0.3 is 10.4 Å². The molecule has 1 saturated heterocycles. The maximum atomic E-state index is 12.9. The predicted octanol–water partition coefficient (Wildman–Crippen LogP) is 2.07. The van der Waals surface area contributed by atoms with Crippen LogP contribution in [0.1, 0.15) is 34.7 Å². The maximum absolute atomic E-state index is 12.9. The number of rotatable bonds is 6. The summed E-state index contributed by atoms with van der Waals surface area (Å²) in [5, 5.41) is 10.8. The molecular formula is C20H22N2O5S. The molecule has 1 aliphatic rings. The molecule has 28 heavy (non-hydrogen) atoms. The monoisotopic (exact) mass is 402 g/mol. The summed E-state index contributed by atoms with van der Waals surface area (Å²) in [5.74, 6) is -1.35. The fraction of sp³-hybridized carbons (Fsp3) is 0.300. The Labute approximate surface area is 164 Å². The highest BCUT2D eigenvalue weighted by Crippen LogP contribution is 2.30. The van der Waals surface area contributed by atoms with Crippen molar-refractivity contribution in [3.05, 3.63) is 65.7 Å². The van der Waals surface area contributed by atoms with Crippen molar-refractivity contribution in [2.24, 2.45) is 0 Å². The number of carboxylic acids is 1. The van der Waals surface area contributed by atoms with Crippen LogP contribution in [0.25, 0.3) is 0 Å². The first-order chi connectivity index (χ1) is 13.4. The van der Waals surface area contributed by atoms with Crippen molar-refractivity contribution in [3.63, 3.8) is 0 Å². The largest absolute Gasteiger partial charge is 0.480 e. The summed E-state index contributed by atoms with van der Waals surface area (Å²) >= 11 is 0. The predicted molar refractivity (Wildman–Crippen MR) is 104 cm³/mol. The van der Waals surface area contributed by atoms with Crippen LogP contribution >= 0.6 is 0 Å². The van der Waals surface area contributed by atoms with Crippen LogP contribution in [0.15, 0.2) is 59.5 Å². The third kappa shape index (κ3) is 4.58. The zero-order valence-corrected chi connectivity index (χ0v) is 16.1. The molecule has 0 saturated carbocycles. The van der Waals surface area contributed by atoms with Gasteiger partial charge in [0, 0.05) is 18.7 Å². The third-order valence-corrected chi connectivity index (χ3v) is 6.79. The van der Waals surface area contributed by atoms with Crippen LogP contribution in [-0.4, -0.2) is 49.3 Å². The summed E-state index contributed by atoms with van der Waals surface area (Å²) < 4.78 is 27.2. The van der Waals surface area contributed by atoms with Crippen LogP contribution < -0.4 is 5.32 Å². The molecular weight excluding hydrogens is 380 g/mol. The first-order valence-corrected chi connectivity index (χ1v) is 10.5. The van der Waals surface area contributed by atoms with Crippen molar-refractivity contribution in [2.75, 3.05) is 19.6 Å². The second-order valence-corrected chi connectivity index (χ2v) is 8.63. The van der Waals surface area contributed by atoms with Gasteiger partial charge in [-0.25, -0.2) is 8.42 Å². The highest BCUT2D eigenvalue weighted by molar-refractivity contribution is 7.89. The first kappa shape index (κ1) is 20.0. The second kappa shape index (κ2) is 8.53. The second-order valence-electron chi connectivity index (χ2n) is 6.69. The Bertz CT molecular complexity index is 934. The summed E-state index contributed by atoms with van der Waals surface area (Å²) in [4.78, 5) is 22.5. The van der Waals surface area contributed by atoms with Gasteiger partial charge in [-0.05, 0) is 48.6 Å². The molecule has 1 aliphatic heterocycles. The standard InChI is InChI=1S/C20H22N2O5S/c23-19(24)14-21-20(25)17-6-8-18(9-7-17)28(26,27)22-12-10-16(11-13-22)15-4-2-1-3-5-15/h1-9,16H,10-14H2,(H,21,25)(H,23,24). The molecule has 0 bridgehead atoms. The van der Waals surface area contributed by atoms with Crippen LogP contribution in [0.3, 0.4) is 0 Å². The van der Waals surface area contributed by atoms with Gasteiger partial charge in [0.2, 0.25) is 10.0 Å². The number of hydrogen-bond acceptors (Lipinski definition) is 4. The molecule has 2 N–H and O–H groups in total. The molecule has 148 valence electrons. The van der Waals surface area contributed by atoms with Crippen molar-refractivity contribution in [1.82, 2.24) is 9.62 Å². The Morgan fingerprint density at radius 1 is 1.00 bits per heavy atom. The smallest absolute Gasteiger partial charge is 0.322 e. The van der Waals surface area contributed by atoms with Crippen LogP contribution in [-0.2, 0) is 14.8 Å². The van der Waals surface area contributed by atoms with E-state index in [0.29, 0.717) is 19.0 Å². The third-order valence-electron chi connectivity index (χ3n) is 4.88. The van der Waals surface area contributed by atoms with Crippen molar-refractivity contribution >= 4 is 21.9 Å². The normalized spacial score (nSPS) is 15.9. The molecule has 0 atom stereocenters. The fourth-order valence-corrected chi connectivity index (χ4v) is 4.81. The molecule has 0 unspecified atom stereocenters. The van der Waals surface area contributed by atoms with E-state index in [0.717, 1.165) is 12.8 Å². The maximum Gasteiger partial charge on any atom is 0.322 e. The molecule has 7 nitrogen and oxygen atoms in total. The topological polar surface area (TPSA) is 104 Å². The van der Waals surface area contributed by atoms with Gasteiger partial charge in [0.05, 0.1) is 4.90 Å². The highest BCUT2D eigenvalue weighted by atomic mass is 32.2.